The number of nitrogens with zero attached hydrogens (tertiary/aromatic N) is 1. The zero-order valence-corrected chi connectivity index (χ0v) is 13.3. The minimum absolute atomic E-state index is 0.0984. The van der Waals surface area contributed by atoms with Crippen molar-refractivity contribution in [1.29, 1.82) is 0 Å². The maximum absolute atomic E-state index is 6.30. The summed E-state index contributed by atoms with van der Waals surface area (Å²) in [5.41, 5.74) is -0.326. The van der Waals surface area contributed by atoms with Crippen LogP contribution < -0.4 is 0 Å². The third-order valence-electron chi connectivity index (χ3n) is 4.53. The third-order valence-corrected chi connectivity index (χ3v) is 4.53. The van der Waals surface area contributed by atoms with Gasteiger partial charge < -0.3 is 14.2 Å². The molecular formula is C15H29NO3. The number of fused-ring (bicyclic) bond motifs is 2. The summed E-state index contributed by atoms with van der Waals surface area (Å²) in [7, 11) is 2.17. The van der Waals surface area contributed by atoms with Crippen molar-refractivity contribution in [1.82, 2.24) is 4.90 Å². The highest BCUT2D eigenvalue weighted by molar-refractivity contribution is 5.17. The number of ether oxygens (including phenoxy) is 3. The molecule has 2 fully saturated rings. The molecule has 2 saturated heterocycles. The van der Waals surface area contributed by atoms with Crippen molar-refractivity contribution < 1.29 is 14.2 Å². The van der Waals surface area contributed by atoms with Crippen molar-refractivity contribution in [3.63, 3.8) is 0 Å². The van der Waals surface area contributed by atoms with E-state index in [1.165, 1.54) is 0 Å². The highest BCUT2D eigenvalue weighted by atomic mass is 16.6. The molecule has 5 atom stereocenters. The van der Waals surface area contributed by atoms with Gasteiger partial charge in [-0.05, 0) is 48.6 Å². The number of likely N-dealkylation sites (tertiary alicyclic amines) is 1. The monoisotopic (exact) mass is 271 g/mol. The molecule has 0 spiro atoms. The van der Waals surface area contributed by atoms with Gasteiger partial charge in [-0.1, -0.05) is 0 Å². The van der Waals surface area contributed by atoms with Crippen LogP contribution in [0.4, 0.5) is 0 Å². The van der Waals surface area contributed by atoms with Gasteiger partial charge in [-0.3, -0.25) is 4.90 Å². The number of hydrogen-bond donors (Lipinski definition) is 0. The summed E-state index contributed by atoms with van der Waals surface area (Å²) in [4.78, 5) is 2.39. The maximum atomic E-state index is 6.30. The molecule has 0 saturated carbocycles. The average Bonchev–Trinajstić information content (AvgIpc) is 2.66. The first kappa shape index (κ1) is 15.2. The van der Waals surface area contributed by atoms with Gasteiger partial charge in [0.05, 0.1) is 31.0 Å². The minimum atomic E-state index is -0.326. The van der Waals surface area contributed by atoms with Crippen LogP contribution in [0.25, 0.3) is 0 Å². The van der Waals surface area contributed by atoms with E-state index in [-0.39, 0.29) is 30.0 Å². The molecule has 0 aliphatic carbocycles. The molecule has 19 heavy (non-hydrogen) atoms. The van der Waals surface area contributed by atoms with Crippen molar-refractivity contribution in [3.8, 4) is 0 Å². The summed E-state index contributed by atoms with van der Waals surface area (Å²) in [6.45, 7) is 13.3. The molecule has 2 bridgehead atoms. The Balaban J connectivity index is 2.24. The van der Waals surface area contributed by atoms with Gasteiger partial charge in [0.15, 0.2) is 0 Å². The van der Waals surface area contributed by atoms with E-state index in [0.717, 1.165) is 0 Å². The van der Waals surface area contributed by atoms with Crippen molar-refractivity contribution in [3.05, 3.63) is 0 Å². The minimum Gasteiger partial charge on any atom is -0.376 e. The molecule has 0 aromatic carbocycles. The lowest BCUT2D eigenvalue weighted by Crippen LogP contribution is -2.55. The number of rotatable bonds is 5. The molecule has 2 heterocycles. The zero-order chi connectivity index (χ0) is 14.4. The predicted molar refractivity (Wildman–Crippen MR) is 75.4 cm³/mol. The topological polar surface area (TPSA) is 30.9 Å². The smallest absolute Gasteiger partial charge is 0.135 e. The second-order valence-electron chi connectivity index (χ2n) is 6.58. The summed E-state index contributed by atoms with van der Waals surface area (Å²) in [6.07, 6.45) is 0.714. The molecule has 0 N–H and O–H groups in total. The van der Waals surface area contributed by atoms with Crippen LogP contribution in [0.2, 0.25) is 0 Å². The SMILES string of the molecule is CC(C)OC[C@@]12O[C@@H](C)[C@@H]([C@@H]1OC(C)C)N(C)[C@@H]2C. The van der Waals surface area contributed by atoms with Crippen molar-refractivity contribution in [2.24, 2.45) is 0 Å². The van der Waals surface area contributed by atoms with E-state index in [4.69, 9.17) is 14.2 Å². The van der Waals surface area contributed by atoms with Crippen LogP contribution in [0, 0.1) is 0 Å². The number of likely N-dealkylation sites (N-methyl/N-ethyl adjacent to an activating group) is 1. The summed E-state index contributed by atoms with van der Waals surface area (Å²) >= 11 is 0. The standard InChI is InChI=1S/C15H29NO3/c1-9(2)17-8-15-12(6)16(7)13(11(5)19-15)14(15)18-10(3)4/h9-14H,8H2,1-7H3/t11-,12+,13-,14-,15-/m0/s1. The Kier molecular flexibility index (Phi) is 4.26. The van der Waals surface area contributed by atoms with Gasteiger partial charge in [-0.2, -0.15) is 0 Å². The fourth-order valence-electron chi connectivity index (χ4n) is 3.52. The molecule has 4 nitrogen and oxygen atoms in total. The molecule has 0 unspecified atom stereocenters. The van der Waals surface area contributed by atoms with E-state index in [9.17, 15) is 0 Å². The highest BCUT2D eigenvalue weighted by Gasteiger charge is 2.66. The Bertz CT molecular complexity index is 321. The van der Waals surface area contributed by atoms with Gasteiger partial charge in [0.2, 0.25) is 0 Å². The average molecular weight is 271 g/mol. The first-order valence-corrected chi connectivity index (χ1v) is 7.46. The molecule has 112 valence electrons. The van der Waals surface area contributed by atoms with E-state index in [1.54, 1.807) is 0 Å². The lowest BCUT2D eigenvalue weighted by Gasteiger charge is -2.40. The number of hydrogen-bond acceptors (Lipinski definition) is 4. The van der Waals surface area contributed by atoms with E-state index in [0.29, 0.717) is 18.7 Å². The summed E-state index contributed by atoms with van der Waals surface area (Å²) in [5, 5.41) is 0. The highest BCUT2D eigenvalue weighted by Crippen LogP contribution is 2.47. The van der Waals surface area contributed by atoms with Gasteiger partial charge in [-0.15, -0.1) is 0 Å². The van der Waals surface area contributed by atoms with Crippen LogP contribution in [0.5, 0.6) is 0 Å². The van der Waals surface area contributed by atoms with E-state index in [2.05, 4.69) is 53.5 Å². The van der Waals surface area contributed by atoms with E-state index >= 15 is 0 Å². The van der Waals surface area contributed by atoms with Gasteiger partial charge in [-0.25, -0.2) is 0 Å². The van der Waals surface area contributed by atoms with Crippen LogP contribution in [0.1, 0.15) is 41.5 Å². The largest absolute Gasteiger partial charge is 0.376 e. The van der Waals surface area contributed by atoms with Crippen molar-refractivity contribution in [2.45, 2.75) is 83.6 Å². The van der Waals surface area contributed by atoms with Crippen LogP contribution in [0.3, 0.4) is 0 Å². The van der Waals surface area contributed by atoms with Crippen LogP contribution in [-0.2, 0) is 14.2 Å². The summed E-state index contributed by atoms with van der Waals surface area (Å²) in [6, 6.07) is 0.643. The predicted octanol–water partition coefficient (Wildman–Crippen LogP) is 2.07. The second-order valence-corrected chi connectivity index (χ2v) is 6.58. The lowest BCUT2D eigenvalue weighted by molar-refractivity contribution is -0.173. The molecular weight excluding hydrogens is 242 g/mol. The van der Waals surface area contributed by atoms with Gasteiger partial charge in [0.25, 0.3) is 0 Å². The van der Waals surface area contributed by atoms with Gasteiger partial charge >= 0.3 is 0 Å². The van der Waals surface area contributed by atoms with Crippen molar-refractivity contribution in [2.75, 3.05) is 13.7 Å². The van der Waals surface area contributed by atoms with Crippen LogP contribution >= 0.6 is 0 Å². The van der Waals surface area contributed by atoms with Crippen LogP contribution in [0.15, 0.2) is 0 Å². The molecule has 0 radical (unpaired) electrons. The Morgan fingerprint density at radius 1 is 1.16 bits per heavy atom. The quantitative estimate of drug-likeness (QED) is 0.766. The van der Waals surface area contributed by atoms with E-state index in [1.807, 2.05) is 0 Å². The Morgan fingerprint density at radius 2 is 1.79 bits per heavy atom. The van der Waals surface area contributed by atoms with Crippen LogP contribution in [-0.4, -0.2) is 60.7 Å². The van der Waals surface area contributed by atoms with E-state index < -0.39 is 0 Å². The first-order valence-electron chi connectivity index (χ1n) is 7.46. The normalized spacial score (nSPS) is 42.8. The maximum Gasteiger partial charge on any atom is 0.135 e. The Hall–Kier alpha value is -0.160. The lowest BCUT2D eigenvalue weighted by atomic mass is 9.93. The molecule has 2 aliphatic heterocycles. The van der Waals surface area contributed by atoms with Gasteiger partial charge in [0, 0.05) is 6.04 Å². The fraction of sp³-hybridized carbons (Fsp3) is 1.00. The molecule has 2 aliphatic rings. The molecule has 0 aromatic rings. The molecule has 4 heteroatoms. The number of morpholine rings is 1. The van der Waals surface area contributed by atoms with Crippen molar-refractivity contribution >= 4 is 0 Å². The first-order chi connectivity index (χ1) is 8.79. The Morgan fingerprint density at radius 3 is 2.32 bits per heavy atom. The third kappa shape index (κ3) is 2.44. The zero-order valence-electron chi connectivity index (χ0n) is 13.3. The summed E-state index contributed by atoms with van der Waals surface area (Å²) < 4.78 is 18.4. The Labute approximate surface area is 117 Å². The molecule has 2 rings (SSSR count). The molecule has 0 amide bonds. The molecule has 0 aromatic heterocycles. The van der Waals surface area contributed by atoms with Gasteiger partial charge in [0.1, 0.15) is 11.7 Å². The summed E-state index contributed by atoms with van der Waals surface area (Å²) in [5.74, 6) is 0. The fourth-order valence-corrected chi connectivity index (χ4v) is 3.52. The second kappa shape index (κ2) is 5.32.